The highest BCUT2D eigenvalue weighted by atomic mass is 35.5. The standard InChI is InChI=1S/C18H19Cl/c1-15(13-14-19)7-8-16-9-11-18(12-10-16)17-5-3-2-4-6-17/h2-6,9-13H,7-8,14H2,1H3/b15-13+. The van der Waals surface area contributed by atoms with Crippen LogP contribution in [0.15, 0.2) is 66.2 Å². The summed E-state index contributed by atoms with van der Waals surface area (Å²) in [6.07, 6.45) is 4.24. The van der Waals surface area contributed by atoms with Crippen LogP contribution in [0, 0.1) is 0 Å². The lowest BCUT2D eigenvalue weighted by atomic mass is 10.0. The fourth-order valence-corrected chi connectivity index (χ4v) is 2.33. The summed E-state index contributed by atoms with van der Waals surface area (Å²) in [6, 6.07) is 19.3. The van der Waals surface area contributed by atoms with Crippen molar-refractivity contribution in [3.8, 4) is 11.1 Å². The molecule has 0 aliphatic rings. The van der Waals surface area contributed by atoms with Crippen molar-refractivity contribution in [2.24, 2.45) is 0 Å². The van der Waals surface area contributed by atoms with Crippen LogP contribution in [-0.4, -0.2) is 5.88 Å². The Kier molecular flexibility index (Phi) is 5.23. The summed E-state index contributed by atoms with van der Waals surface area (Å²) in [7, 11) is 0. The zero-order valence-electron chi connectivity index (χ0n) is 11.3. The maximum atomic E-state index is 5.69. The van der Waals surface area contributed by atoms with Crippen LogP contribution in [-0.2, 0) is 6.42 Å². The van der Waals surface area contributed by atoms with Crippen molar-refractivity contribution in [2.45, 2.75) is 19.8 Å². The van der Waals surface area contributed by atoms with Gasteiger partial charge in [0.1, 0.15) is 0 Å². The lowest BCUT2D eigenvalue weighted by Crippen LogP contribution is -1.87. The normalized spacial score (nSPS) is 11.6. The summed E-state index contributed by atoms with van der Waals surface area (Å²) in [5.74, 6) is 0.610. The molecule has 0 aliphatic heterocycles. The molecule has 0 spiro atoms. The van der Waals surface area contributed by atoms with E-state index in [9.17, 15) is 0 Å². The van der Waals surface area contributed by atoms with Crippen molar-refractivity contribution in [3.05, 3.63) is 71.8 Å². The van der Waals surface area contributed by atoms with Gasteiger partial charge in [0, 0.05) is 5.88 Å². The lowest BCUT2D eigenvalue weighted by molar-refractivity contribution is 0.939. The highest BCUT2D eigenvalue weighted by molar-refractivity contribution is 6.18. The minimum atomic E-state index is 0.610. The van der Waals surface area contributed by atoms with Gasteiger partial charge in [-0.2, -0.15) is 0 Å². The van der Waals surface area contributed by atoms with E-state index in [4.69, 9.17) is 11.6 Å². The van der Waals surface area contributed by atoms with Crippen molar-refractivity contribution in [1.82, 2.24) is 0 Å². The maximum absolute atomic E-state index is 5.69. The number of hydrogen-bond donors (Lipinski definition) is 0. The van der Waals surface area contributed by atoms with E-state index >= 15 is 0 Å². The Morgan fingerprint density at radius 2 is 1.58 bits per heavy atom. The maximum Gasteiger partial charge on any atom is 0.0406 e. The van der Waals surface area contributed by atoms with Crippen LogP contribution in [0.1, 0.15) is 18.9 Å². The van der Waals surface area contributed by atoms with Gasteiger partial charge in [-0.05, 0) is 36.5 Å². The van der Waals surface area contributed by atoms with E-state index in [1.165, 1.54) is 22.3 Å². The van der Waals surface area contributed by atoms with Crippen LogP contribution >= 0.6 is 11.6 Å². The van der Waals surface area contributed by atoms with Crippen molar-refractivity contribution < 1.29 is 0 Å². The molecule has 0 nitrogen and oxygen atoms in total. The molecule has 0 unspecified atom stereocenters. The van der Waals surface area contributed by atoms with Gasteiger partial charge in [0.15, 0.2) is 0 Å². The van der Waals surface area contributed by atoms with Crippen LogP contribution in [0.5, 0.6) is 0 Å². The predicted octanol–water partition coefficient (Wildman–Crippen LogP) is 5.47. The molecule has 0 amide bonds. The minimum absolute atomic E-state index is 0.610. The van der Waals surface area contributed by atoms with E-state index < -0.39 is 0 Å². The fraction of sp³-hybridized carbons (Fsp3) is 0.222. The Bertz CT molecular complexity index is 523. The highest BCUT2D eigenvalue weighted by Gasteiger charge is 1.98. The average molecular weight is 271 g/mol. The van der Waals surface area contributed by atoms with Crippen molar-refractivity contribution in [1.29, 1.82) is 0 Å². The first kappa shape index (κ1) is 13.9. The molecule has 98 valence electrons. The molecule has 2 aromatic rings. The summed E-state index contributed by atoms with van der Waals surface area (Å²) in [5.41, 5.74) is 5.29. The third-order valence-corrected chi connectivity index (χ3v) is 3.45. The molecule has 0 heterocycles. The van der Waals surface area contributed by atoms with Gasteiger partial charge in [0.2, 0.25) is 0 Å². The highest BCUT2D eigenvalue weighted by Crippen LogP contribution is 2.20. The molecule has 0 bridgehead atoms. The van der Waals surface area contributed by atoms with Crippen LogP contribution in [0.4, 0.5) is 0 Å². The van der Waals surface area contributed by atoms with Crippen LogP contribution in [0.2, 0.25) is 0 Å². The number of aryl methyl sites for hydroxylation is 1. The van der Waals surface area contributed by atoms with Crippen LogP contribution in [0.3, 0.4) is 0 Å². The topological polar surface area (TPSA) is 0 Å². The van der Waals surface area contributed by atoms with Crippen LogP contribution in [0.25, 0.3) is 11.1 Å². The molecule has 1 heteroatoms. The zero-order valence-corrected chi connectivity index (χ0v) is 12.0. The first-order valence-electron chi connectivity index (χ1n) is 6.65. The van der Waals surface area contributed by atoms with Crippen molar-refractivity contribution in [2.75, 3.05) is 5.88 Å². The summed E-state index contributed by atoms with van der Waals surface area (Å²) in [4.78, 5) is 0. The lowest BCUT2D eigenvalue weighted by Gasteiger charge is -2.05. The van der Waals surface area contributed by atoms with Gasteiger partial charge in [-0.1, -0.05) is 66.2 Å². The quantitative estimate of drug-likeness (QED) is 0.499. The van der Waals surface area contributed by atoms with Crippen molar-refractivity contribution in [3.63, 3.8) is 0 Å². The van der Waals surface area contributed by atoms with E-state index in [1.54, 1.807) is 0 Å². The number of rotatable bonds is 5. The second-order valence-electron chi connectivity index (χ2n) is 4.77. The van der Waals surface area contributed by atoms with E-state index in [2.05, 4.69) is 61.5 Å². The Morgan fingerprint density at radius 1 is 0.947 bits per heavy atom. The molecule has 0 atom stereocenters. The number of allylic oxidation sites excluding steroid dienone is 2. The Balaban J connectivity index is 2.01. The number of halogens is 1. The zero-order chi connectivity index (χ0) is 13.5. The van der Waals surface area contributed by atoms with Gasteiger partial charge < -0.3 is 0 Å². The Labute approximate surface area is 120 Å². The van der Waals surface area contributed by atoms with Gasteiger partial charge in [-0.3, -0.25) is 0 Å². The van der Waals surface area contributed by atoms with Gasteiger partial charge in [-0.25, -0.2) is 0 Å². The first-order chi connectivity index (χ1) is 9.29. The third kappa shape index (κ3) is 4.25. The number of benzene rings is 2. The molecule has 0 radical (unpaired) electrons. The van der Waals surface area contributed by atoms with Crippen molar-refractivity contribution >= 4 is 11.6 Å². The second-order valence-corrected chi connectivity index (χ2v) is 5.08. The smallest absolute Gasteiger partial charge is 0.0406 e. The monoisotopic (exact) mass is 270 g/mol. The molecule has 0 saturated heterocycles. The summed E-state index contributed by atoms with van der Waals surface area (Å²) in [5, 5.41) is 0. The average Bonchev–Trinajstić information content (AvgIpc) is 2.47. The largest absolute Gasteiger partial charge is 0.122 e. The first-order valence-corrected chi connectivity index (χ1v) is 7.19. The summed E-state index contributed by atoms with van der Waals surface area (Å²) >= 11 is 5.69. The third-order valence-electron chi connectivity index (χ3n) is 3.29. The fourth-order valence-electron chi connectivity index (χ4n) is 2.07. The predicted molar refractivity (Wildman–Crippen MR) is 84.7 cm³/mol. The molecule has 0 fully saturated rings. The number of hydrogen-bond acceptors (Lipinski definition) is 0. The van der Waals surface area contributed by atoms with E-state index in [0.717, 1.165) is 12.8 Å². The minimum Gasteiger partial charge on any atom is -0.122 e. The molecule has 0 saturated carbocycles. The molecule has 2 aromatic carbocycles. The molecule has 0 aliphatic carbocycles. The Hall–Kier alpha value is -1.53. The van der Waals surface area contributed by atoms with E-state index in [1.807, 2.05) is 6.07 Å². The molecular weight excluding hydrogens is 252 g/mol. The van der Waals surface area contributed by atoms with E-state index in [0.29, 0.717) is 5.88 Å². The second kappa shape index (κ2) is 7.16. The van der Waals surface area contributed by atoms with Gasteiger partial charge in [0.05, 0.1) is 0 Å². The molecule has 0 N–H and O–H groups in total. The van der Waals surface area contributed by atoms with E-state index in [-0.39, 0.29) is 0 Å². The number of alkyl halides is 1. The molecule has 19 heavy (non-hydrogen) atoms. The molecular formula is C18H19Cl. The van der Waals surface area contributed by atoms with Gasteiger partial charge in [0.25, 0.3) is 0 Å². The van der Waals surface area contributed by atoms with Gasteiger partial charge >= 0.3 is 0 Å². The van der Waals surface area contributed by atoms with Crippen LogP contribution < -0.4 is 0 Å². The van der Waals surface area contributed by atoms with Gasteiger partial charge in [-0.15, -0.1) is 11.6 Å². The summed E-state index contributed by atoms with van der Waals surface area (Å²) in [6.45, 7) is 2.14. The molecule has 0 aromatic heterocycles. The Morgan fingerprint density at radius 3 is 2.21 bits per heavy atom. The molecule has 2 rings (SSSR count). The SMILES string of the molecule is C/C(=C\CCl)CCc1ccc(-c2ccccc2)cc1. The summed E-state index contributed by atoms with van der Waals surface area (Å²) < 4.78 is 0.